The van der Waals surface area contributed by atoms with Crippen molar-refractivity contribution in [3.63, 3.8) is 0 Å². The van der Waals surface area contributed by atoms with E-state index in [0.717, 1.165) is 0 Å². The Balaban J connectivity index is 0.00000177. The number of nitrogens with one attached hydrogen (secondary N) is 3. The van der Waals surface area contributed by atoms with E-state index in [9.17, 15) is 4.79 Å². The molecule has 0 bridgehead atoms. The molecule has 0 unspecified atom stereocenters. The van der Waals surface area contributed by atoms with E-state index in [1.807, 2.05) is 13.8 Å². The van der Waals surface area contributed by atoms with Crippen molar-refractivity contribution < 1.29 is 23.4 Å². The number of hydrogen-bond donors (Lipinski definition) is 3. The fourth-order valence-corrected chi connectivity index (χ4v) is 3.05. The van der Waals surface area contributed by atoms with Crippen molar-refractivity contribution >= 4 is 35.0 Å². The maximum atomic E-state index is 15.2. The third-order valence-corrected chi connectivity index (χ3v) is 5.70. The van der Waals surface area contributed by atoms with Crippen molar-refractivity contribution in [2.75, 3.05) is 44.6 Å². The fraction of sp³-hybridized carbons (Fsp3) is 0.467. The van der Waals surface area contributed by atoms with E-state index in [4.69, 9.17) is 14.2 Å². The lowest BCUT2D eigenvalue weighted by atomic mass is 10.1. The first-order valence-electron chi connectivity index (χ1n) is 13.2. The second-order valence-corrected chi connectivity index (χ2v) is 9.28. The molecule has 0 aromatic heterocycles. The number of aliphatic imine (C=N–C) groups is 1. The van der Waals surface area contributed by atoms with Gasteiger partial charge in [0.2, 0.25) is 0 Å². The van der Waals surface area contributed by atoms with Gasteiger partial charge in [-0.3, -0.25) is 4.99 Å². The minimum atomic E-state index is -0.562. The summed E-state index contributed by atoms with van der Waals surface area (Å²) in [5.74, 6) is -0.470. The highest BCUT2D eigenvalue weighted by Gasteiger charge is 2.18. The quantitative estimate of drug-likeness (QED) is 0.170. The van der Waals surface area contributed by atoms with Gasteiger partial charge in [0.05, 0.1) is 23.5 Å². The molecule has 0 spiro atoms. The van der Waals surface area contributed by atoms with Gasteiger partial charge < -0.3 is 30.2 Å². The van der Waals surface area contributed by atoms with E-state index in [2.05, 4.69) is 41.4 Å². The number of ether oxygens (including phenoxy) is 3. The molecule has 2 rings (SSSR count). The lowest BCUT2D eigenvalue weighted by Crippen LogP contribution is -2.34. The Morgan fingerprint density at radius 1 is 1.03 bits per heavy atom. The van der Waals surface area contributed by atoms with E-state index in [1.54, 1.807) is 57.7 Å². The molecule has 2 aromatic carbocycles. The van der Waals surface area contributed by atoms with Crippen molar-refractivity contribution in [2.24, 2.45) is 4.99 Å². The Hall–Kier alpha value is -3.43. The van der Waals surface area contributed by atoms with Gasteiger partial charge in [-0.2, -0.15) is 0 Å². The number of anilines is 2. The lowest BCUT2D eigenvalue weighted by Gasteiger charge is -2.22. The number of benzene rings is 2. The van der Waals surface area contributed by atoms with Gasteiger partial charge in [0.25, 0.3) is 0 Å². The first-order valence-corrected chi connectivity index (χ1v) is 13.2. The molecule has 0 aliphatic heterocycles. The van der Waals surface area contributed by atoms with Crippen LogP contribution in [0.4, 0.5) is 26.2 Å². The Kier molecular flexibility index (Phi) is 15.5. The molecule has 2 amide bonds. The average molecular weight is 545 g/mol. The molecule has 0 atom stereocenters. The zero-order valence-electron chi connectivity index (χ0n) is 24.4. The molecular formula is C30H45FN4O4. The number of hydrogen-bond acceptors (Lipinski definition) is 6. The van der Waals surface area contributed by atoms with Crippen LogP contribution in [-0.4, -0.2) is 51.8 Å². The van der Waals surface area contributed by atoms with E-state index < -0.39 is 5.82 Å². The van der Waals surface area contributed by atoms with Crippen LogP contribution in [0.3, 0.4) is 0 Å². The molecule has 0 saturated carbocycles. The van der Waals surface area contributed by atoms with Crippen molar-refractivity contribution in [3.8, 4) is 5.75 Å². The molecule has 39 heavy (non-hydrogen) atoms. The van der Waals surface area contributed by atoms with E-state index in [0.29, 0.717) is 42.3 Å². The highest BCUT2D eigenvalue weighted by molar-refractivity contribution is 5.90. The molecule has 0 aliphatic carbocycles. The molecule has 0 saturated heterocycles. The molecule has 0 heterocycles. The maximum absolute atomic E-state index is 15.2. The zero-order valence-corrected chi connectivity index (χ0v) is 24.4. The number of amides is 2. The summed E-state index contributed by atoms with van der Waals surface area (Å²) in [7, 11) is 3.19. The molecule has 0 fully saturated rings. The smallest absolute Gasteiger partial charge is 0.319 e. The molecule has 0 aliphatic rings. The lowest BCUT2D eigenvalue weighted by molar-refractivity contribution is 0.0165. The summed E-state index contributed by atoms with van der Waals surface area (Å²) in [4.78, 5) is 16.4. The van der Waals surface area contributed by atoms with E-state index >= 15 is 4.39 Å². The molecule has 8 nitrogen and oxygen atoms in total. The van der Waals surface area contributed by atoms with Gasteiger partial charge in [-0.1, -0.05) is 33.3 Å². The number of halogens is 1. The van der Waals surface area contributed by atoms with E-state index in [1.165, 1.54) is 18.9 Å². The Morgan fingerprint density at radius 3 is 2.18 bits per heavy atom. The Bertz CT molecular complexity index is 1050. The summed E-state index contributed by atoms with van der Waals surface area (Å²) in [6, 6.07) is 9.89. The minimum Gasteiger partial charge on any atom is -0.488 e. The summed E-state index contributed by atoms with van der Waals surface area (Å²) >= 11 is 0. The Labute approximate surface area is 233 Å². The summed E-state index contributed by atoms with van der Waals surface area (Å²) in [5, 5.41) is 8.68. The van der Waals surface area contributed by atoms with Crippen LogP contribution in [0.25, 0.3) is 5.70 Å². The highest BCUT2D eigenvalue weighted by Crippen LogP contribution is 2.34. The summed E-state index contributed by atoms with van der Waals surface area (Å²) in [5.41, 5.74) is 1.92. The van der Waals surface area contributed by atoms with Crippen molar-refractivity contribution in [1.29, 1.82) is 0 Å². The standard InChI is InChI=1S/C26H35FN4O4.C4H10/c1-7-28-21-12-13-22(35-17-16-33-5)24(27)23(21)18(2)30-19-8-10-20(11-9-19)31-25(32)29-15-14-26(3,4)34-6;1-3-4-2/h7-13,30H,2,14-17H2,1,3-6H3,(H2,29,31,32);3-4H2,1-2H3. The molecule has 0 radical (unpaired) electrons. The third kappa shape index (κ3) is 12.3. The zero-order chi connectivity index (χ0) is 29.3. The molecule has 216 valence electrons. The highest BCUT2D eigenvalue weighted by atomic mass is 19.1. The average Bonchev–Trinajstić information content (AvgIpc) is 2.91. The monoisotopic (exact) mass is 544 g/mol. The first kappa shape index (κ1) is 33.6. The van der Waals surface area contributed by atoms with Crippen LogP contribution < -0.4 is 20.7 Å². The van der Waals surface area contributed by atoms with Gasteiger partial charge in [0, 0.05) is 44.1 Å². The van der Waals surface area contributed by atoms with Gasteiger partial charge in [-0.05, 0) is 63.6 Å². The fourth-order valence-electron chi connectivity index (χ4n) is 3.05. The van der Waals surface area contributed by atoms with Gasteiger partial charge >= 0.3 is 6.03 Å². The number of carbonyl (C=O) groups is 1. The first-order chi connectivity index (χ1) is 18.6. The van der Waals surface area contributed by atoms with Crippen LogP contribution >= 0.6 is 0 Å². The van der Waals surface area contributed by atoms with Crippen molar-refractivity contribution in [3.05, 3.63) is 54.4 Å². The van der Waals surface area contributed by atoms with Gasteiger partial charge in [0.15, 0.2) is 11.6 Å². The van der Waals surface area contributed by atoms with Crippen molar-refractivity contribution in [2.45, 2.75) is 59.5 Å². The molecular weight excluding hydrogens is 499 g/mol. The van der Waals surface area contributed by atoms with Crippen molar-refractivity contribution in [1.82, 2.24) is 5.32 Å². The number of unbranched alkanes of at least 4 members (excludes halogenated alkanes) is 1. The normalized spacial score (nSPS) is 11.0. The van der Waals surface area contributed by atoms with Crippen LogP contribution in [0.2, 0.25) is 0 Å². The van der Waals surface area contributed by atoms with Gasteiger partial charge in [-0.15, -0.1) is 0 Å². The van der Waals surface area contributed by atoms with Crippen LogP contribution in [0.5, 0.6) is 5.75 Å². The topological polar surface area (TPSA) is 93.2 Å². The van der Waals surface area contributed by atoms with Crippen LogP contribution in [-0.2, 0) is 9.47 Å². The van der Waals surface area contributed by atoms with E-state index in [-0.39, 0.29) is 29.6 Å². The van der Waals surface area contributed by atoms with Crippen LogP contribution in [0.1, 0.15) is 59.4 Å². The Morgan fingerprint density at radius 2 is 1.64 bits per heavy atom. The largest absolute Gasteiger partial charge is 0.488 e. The summed E-state index contributed by atoms with van der Waals surface area (Å²) < 4.78 is 31.0. The molecule has 2 aromatic rings. The second kappa shape index (κ2) is 18.0. The van der Waals surface area contributed by atoms with Gasteiger partial charge in [0.1, 0.15) is 6.61 Å². The predicted molar refractivity (Wildman–Crippen MR) is 160 cm³/mol. The minimum absolute atomic E-state index is 0.0921. The molecule has 9 heteroatoms. The number of carbonyl (C=O) groups excluding carboxylic acids is 1. The summed E-state index contributed by atoms with van der Waals surface area (Å²) in [6.07, 6.45) is 4.90. The second-order valence-electron chi connectivity index (χ2n) is 9.28. The SMILES string of the molecule is C=C(Nc1ccc(NC(=O)NCCC(C)(C)OC)cc1)c1c(N=CC)ccc(OCCOC)c1F.CCCC. The van der Waals surface area contributed by atoms with Gasteiger partial charge in [-0.25, -0.2) is 9.18 Å². The number of urea groups is 1. The summed E-state index contributed by atoms with van der Waals surface area (Å²) in [6.45, 7) is 15.1. The molecule has 3 N–H and O–H groups in total. The van der Waals surface area contributed by atoms with Crippen LogP contribution in [0, 0.1) is 5.82 Å². The number of nitrogens with zero attached hydrogens (tertiary/aromatic N) is 1. The number of rotatable bonds is 14. The van der Waals surface area contributed by atoms with Crippen LogP contribution in [0.15, 0.2) is 48.0 Å². The predicted octanol–water partition coefficient (Wildman–Crippen LogP) is 7.40. The maximum Gasteiger partial charge on any atom is 0.319 e. The third-order valence-electron chi connectivity index (χ3n) is 5.70. The number of methoxy groups -OCH3 is 2.